The number of nitrogens with one attached hydrogen (secondary N) is 1. The summed E-state index contributed by atoms with van der Waals surface area (Å²) in [6.45, 7) is 2.33. The van der Waals surface area contributed by atoms with Crippen LogP contribution in [0.4, 0.5) is 0 Å². The molecule has 0 spiro atoms. The summed E-state index contributed by atoms with van der Waals surface area (Å²) in [4.78, 5) is 14.7. The van der Waals surface area contributed by atoms with E-state index in [1.54, 1.807) is 11.3 Å². The number of amides is 1. The van der Waals surface area contributed by atoms with Crippen LogP contribution in [-0.4, -0.2) is 23.2 Å². The molecule has 2 N–H and O–H groups in total. The monoisotopic (exact) mass is 293 g/mol. The van der Waals surface area contributed by atoms with Gasteiger partial charge in [-0.1, -0.05) is 19.8 Å². The molecule has 110 valence electrons. The molecule has 1 aromatic rings. The highest BCUT2D eigenvalue weighted by Crippen LogP contribution is 2.34. The number of thiophene rings is 1. The molecule has 3 nitrogen and oxygen atoms in total. The molecule has 1 unspecified atom stereocenters. The number of fused-ring (bicyclic) bond motifs is 1. The topological polar surface area (TPSA) is 49.3 Å². The predicted octanol–water partition coefficient (Wildman–Crippen LogP) is 2.91. The van der Waals surface area contributed by atoms with Crippen LogP contribution in [0, 0.1) is 5.92 Å². The van der Waals surface area contributed by atoms with Crippen molar-refractivity contribution in [2.75, 3.05) is 6.61 Å². The second-order valence-corrected chi connectivity index (χ2v) is 7.64. The van der Waals surface area contributed by atoms with Crippen molar-refractivity contribution in [2.24, 2.45) is 5.92 Å². The Bertz CT molecular complexity index is 503. The molecule has 0 saturated heterocycles. The lowest BCUT2D eigenvalue weighted by Gasteiger charge is -2.27. The number of hydrogen-bond acceptors (Lipinski definition) is 3. The van der Waals surface area contributed by atoms with Crippen LogP contribution < -0.4 is 5.32 Å². The maximum atomic E-state index is 12.5. The summed E-state index contributed by atoms with van der Waals surface area (Å²) in [5.41, 5.74) is 0.998. The van der Waals surface area contributed by atoms with Gasteiger partial charge in [0.15, 0.2) is 0 Å². The van der Waals surface area contributed by atoms with Gasteiger partial charge in [0.05, 0.1) is 17.0 Å². The molecule has 2 aliphatic rings. The first-order valence-electron chi connectivity index (χ1n) is 7.67. The first kappa shape index (κ1) is 14.1. The molecule has 0 radical (unpaired) electrons. The van der Waals surface area contributed by atoms with Crippen LogP contribution in [0.15, 0.2) is 6.07 Å². The van der Waals surface area contributed by atoms with E-state index in [1.165, 1.54) is 16.9 Å². The van der Waals surface area contributed by atoms with Gasteiger partial charge in [0.2, 0.25) is 0 Å². The lowest BCUT2D eigenvalue weighted by Crippen LogP contribution is -2.49. The van der Waals surface area contributed by atoms with E-state index in [-0.39, 0.29) is 18.1 Å². The van der Waals surface area contributed by atoms with E-state index in [1.807, 2.05) is 0 Å². The van der Waals surface area contributed by atoms with Crippen LogP contribution in [0.5, 0.6) is 0 Å². The third-order valence-electron chi connectivity index (χ3n) is 4.80. The van der Waals surface area contributed by atoms with Crippen molar-refractivity contribution in [3.8, 4) is 0 Å². The average Bonchev–Trinajstić information content (AvgIpc) is 3.05. The third-order valence-corrected chi connectivity index (χ3v) is 6.03. The summed E-state index contributed by atoms with van der Waals surface area (Å²) >= 11 is 1.64. The van der Waals surface area contributed by atoms with Gasteiger partial charge in [0, 0.05) is 4.88 Å². The fraction of sp³-hybridized carbons (Fsp3) is 0.688. The zero-order chi connectivity index (χ0) is 14.2. The molecule has 4 heteroatoms. The van der Waals surface area contributed by atoms with Crippen LogP contribution >= 0.6 is 11.3 Å². The van der Waals surface area contributed by atoms with Gasteiger partial charge in [-0.2, -0.15) is 0 Å². The van der Waals surface area contributed by atoms with Gasteiger partial charge in [-0.3, -0.25) is 4.79 Å². The Balaban J connectivity index is 1.74. The van der Waals surface area contributed by atoms with Crippen molar-refractivity contribution in [2.45, 2.75) is 57.4 Å². The summed E-state index contributed by atoms with van der Waals surface area (Å²) in [5.74, 6) is 0.736. The third kappa shape index (κ3) is 2.63. The van der Waals surface area contributed by atoms with E-state index in [0.29, 0.717) is 0 Å². The molecule has 1 fully saturated rings. The molecule has 0 aromatic carbocycles. The number of carbonyl (C=O) groups excluding carboxylic acids is 1. The van der Waals surface area contributed by atoms with Crippen LogP contribution in [0.1, 0.15) is 59.1 Å². The molecule has 20 heavy (non-hydrogen) atoms. The predicted molar refractivity (Wildman–Crippen MR) is 81.3 cm³/mol. The second-order valence-electron chi connectivity index (χ2n) is 6.51. The van der Waals surface area contributed by atoms with Gasteiger partial charge in [0.25, 0.3) is 5.91 Å². The first-order valence-corrected chi connectivity index (χ1v) is 8.48. The second kappa shape index (κ2) is 5.49. The molecule has 1 atom stereocenters. The van der Waals surface area contributed by atoms with Crippen molar-refractivity contribution >= 4 is 17.2 Å². The Morgan fingerprint density at radius 3 is 2.95 bits per heavy atom. The van der Waals surface area contributed by atoms with E-state index in [9.17, 15) is 9.90 Å². The molecule has 1 heterocycles. The molecule has 1 amide bonds. The van der Waals surface area contributed by atoms with Crippen molar-refractivity contribution in [3.05, 3.63) is 21.4 Å². The highest BCUT2D eigenvalue weighted by molar-refractivity contribution is 7.14. The Hall–Kier alpha value is -0.870. The molecule has 0 aliphatic heterocycles. The van der Waals surface area contributed by atoms with E-state index in [0.717, 1.165) is 49.3 Å². The van der Waals surface area contributed by atoms with Gasteiger partial charge in [-0.05, 0) is 49.7 Å². The molecule has 1 aromatic heterocycles. The van der Waals surface area contributed by atoms with E-state index >= 15 is 0 Å². The van der Waals surface area contributed by atoms with Gasteiger partial charge in [0.1, 0.15) is 0 Å². The van der Waals surface area contributed by atoms with Crippen molar-refractivity contribution in [1.29, 1.82) is 0 Å². The zero-order valence-corrected chi connectivity index (χ0v) is 12.9. The highest BCUT2D eigenvalue weighted by atomic mass is 32.1. The Kier molecular flexibility index (Phi) is 3.87. The van der Waals surface area contributed by atoms with Crippen LogP contribution in [0.3, 0.4) is 0 Å². The summed E-state index contributed by atoms with van der Waals surface area (Å²) in [6.07, 6.45) is 7.44. The number of hydrogen-bond donors (Lipinski definition) is 2. The quantitative estimate of drug-likeness (QED) is 0.900. The highest BCUT2D eigenvalue weighted by Gasteiger charge is 2.35. The number of aliphatic hydroxyl groups excluding tert-OH is 1. The lowest BCUT2D eigenvalue weighted by molar-refractivity contribution is 0.0842. The molecule has 3 rings (SSSR count). The minimum atomic E-state index is -0.366. The zero-order valence-electron chi connectivity index (χ0n) is 12.1. The maximum absolute atomic E-state index is 12.5. The number of aliphatic hydroxyl groups is 1. The van der Waals surface area contributed by atoms with E-state index in [2.05, 4.69) is 18.3 Å². The van der Waals surface area contributed by atoms with Crippen molar-refractivity contribution in [3.63, 3.8) is 0 Å². The molecule has 2 aliphatic carbocycles. The number of carbonyl (C=O) groups is 1. The summed E-state index contributed by atoms with van der Waals surface area (Å²) in [5, 5.41) is 12.7. The summed E-state index contributed by atoms with van der Waals surface area (Å²) < 4.78 is 0. The Morgan fingerprint density at radius 2 is 2.25 bits per heavy atom. The minimum absolute atomic E-state index is 0.00741. The maximum Gasteiger partial charge on any atom is 0.261 e. The van der Waals surface area contributed by atoms with Crippen LogP contribution in [0.25, 0.3) is 0 Å². The van der Waals surface area contributed by atoms with Crippen molar-refractivity contribution < 1.29 is 9.90 Å². The SMILES string of the molecule is CC1CCc2sc(C(=O)NC3(CO)CCCC3)cc2C1. The first-order chi connectivity index (χ1) is 9.62. The van der Waals surface area contributed by atoms with Crippen LogP contribution in [-0.2, 0) is 12.8 Å². The van der Waals surface area contributed by atoms with Gasteiger partial charge >= 0.3 is 0 Å². The van der Waals surface area contributed by atoms with Crippen molar-refractivity contribution in [1.82, 2.24) is 5.32 Å². The van der Waals surface area contributed by atoms with Gasteiger partial charge < -0.3 is 10.4 Å². The molecular formula is C16H23NO2S. The average molecular weight is 293 g/mol. The Morgan fingerprint density at radius 1 is 1.50 bits per heavy atom. The minimum Gasteiger partial charge on any atom is -0.394 e. The normalized spacial score (nSPS) is 24.4. The number of aryl methyl sites for hydroxylation is 1. The fourth-order valence-corrected chi connectivity index (χ4v) is 4.60. The largest absolute Gasteiger partial charge is 0.394 e. The van der Waals surface area contributed by atoms with E-state index in [4.69, 9.17) is 0 Å². The summed E-state index contributed by atoms with van der Waals surface area (Å²) in [7, 11) is 0. The standard InChI is InChI=1S/C16H23NO2S/c1-11-4-5-13-12(8-11)9-14(20-13)15(19)17-16(10-18)6-2-3-7-16/h9,11,18H,2-8,10H2,1H3,(H,17,19). The van der Waals surface area contributed by atoms with Gasteiger partial charge in [-0.25, -0.2) is 0 Å². The molecular weight excluding hydrogens is 270 g/mol. The lowest BCUT2D eigenvalue weighted by atomic mass is 9.90. The summed E-state index contributed by atoms with van der Waals surface area (Å²) in [6, 6.07) is 2.07. The molecule has 1 saturated carbocycles. The van der Waals surface area contributed by atoms with E-state index < -0.39 is 0 Å². The Labute approximate surface area is 124 Å². The number of rotatable bonds is 3. The van der Waals surface area contributed by atoms with Crippen LogP contribution in [0.2, 0.25) is 0 Å². The smallest absolute Gasteiger partial charge is 0.261 e. The fourth-order valence-electron chi connectivity index (χ4n) is 3.49. The van der Waals surface area contributed by atoms with Gasteiger partial charge in [-0.15, -0.1) is 11.3 Å². The molecule has 0 bridgehead atoms.